The van der Waals surface area contributed by atoms with Gasteiger partial charge in [-0.1, -0.05) is 18.2 Å². The largest absolute Gasteiger partial charge is 0.497 e. The maximum Gasteiger partial charge on any atom is 0.149 e. The third-order valence-corrected chi connectivity index (χ3v) is 3.52. The van der Waals surface area contributed by atoms with Gasteiger partial charge in [-0.05, 0) is 43.3 Å². The van der Waals surface area contributed by atoms with Crippen molar-refractivity contribution in [2.24, 2.45) is 0 Å². The van der Waals surface area contributed by atoms with Crippen molar-refractivity contribution >= 4 is 5.82 Å². The van der Waals surface area contributed by atoms with Crippen LogP contribution in [0.4, 0.5) is 5.82 Å². The molecule has 106 valence electrons. The van der Waals surface area contributed by atoms with Gasteiger partial charge in [0.25, 0.3) is 0 Å². The smallest absolute Gasteiger partial charge is 0.149 e. The van der Waals surface area contributed by atoms with Crippen LogP contribution in [0.1, 0.15) is 5.56 Å². The van der Waals surface area contributed by atoms with Crippen LogP contribution in [-0.4, -0.2) is 16.9 Å². The van der Waals surface area contributed by atoms with E-state index >= 15 is 0 Å². The molecule has 21 heavy (non-hydrogen) atoms. The fourth-order valence-corrected chi connectivity index (χ4v) is 2.36. The summed E-state index contributed by atoms with van der Waals surface area (Å²) in [5.74, 6) is 1.37. The first-order valence-electron chi connectivity index (χ1n) is 6.75. The lowest BCUT2D eigenvalue weighted by molar-refractivity contribution is 0.415. The molecular weight excluding hydrogens is 262 g/mol. The Hall–Kier alpha value is -2.75. The summed E-state index contributed by atoms with van der Waals surface area (Å²) in [7, 11) is 1.66. The minimum atomic E-state index is 0.546. The number of nitrogen functional groups attached to an aromatic ring is 1. The van der Waals surface area contributed by atoms with Gasteiger partial charge in [-0.2, -0.15) is 0 Å². The van der Waals surface area contributed by atoms with Crippen molar-refractivity contribution in [3.63, 3.8) is 0 Å². The summed E-state index contributed by atoms with van der Waals surface area (Å²) in [4.78, 5) is 0. The highest BCUT2D eigenvalue weighted by Crippen LogP contribution is 2.30. The highest BCUT2D eigenvalue weighted by Gasteiger charge is 2.15. The van der Waals surface area contributed by atoms with Gasteiger partial charge in [-0.3, -0.25) is 0 Å². The molecule has 0 saturated heterocycles. The number of anilines is 1. The van der Waals surface area contributed by atoms with Gasteiger partial charge in [0.05, 0.1) is 18.5 Å². The van der Waals surface area contributed by atoms with Crippen LogP contribution in [0.15, 0.2) is 54.6 Å². The maximum atomic E-state index is 6.02. The number of hydrogen-bond donors (Lipinski definition) is 1. The molecule has 0 aliphatic carbocycles. The van der Waals surface area contributed by atoms with Crippen molar-refractivity contribution in [3.8, 4) is 22.7 Å². The highest BCUT2D eigenvalue weighted by atomic mass is 16.5. The number of nitrogens with two attached hydrogens (primary N) is 1. The zero-order valence-electron chi connectivity index (χ0n) is 12.1. The Bertz CT molecular complexity index is 746. The van der Waals surface area contributed by atoms with Gasteiger partial charge >= 0.3 is 0 Å². The molecule has 0 amide bonds. The monoisotopic (exact) mass is 279 g/mol. The third kappa shape index (κ3) is 2.36. The zero-order chi connectivity index (χ0) is 14.8. The molecule has 1 aromatic heterocycles. The highest BCUT2D eigenvalue weighted by molar-refractivity contribution is 5.70. The van der Waals surface area contributed by atoms with Gasteiger partial charge in [-0.15, -0.1) is 5.10 Å². The average molecular weight is 279 g/mol. The molecule has 0 unspecified atom stereocenters. The standard InChI is InChI=1S/C17H17N3O/c1-12-16(13-8-10-15(21-2)11-9-13)20(19-17(12)18)14-6-4-3-5-7-14/h3-11H,1-2H3,(H2,18,19). The molecule has 3 aromatic rings. The molecule has 0 aliphatic rings. The second kappa shape index (κ2) is 5.32. The molecular formula is C17H17N3O. The normalized spacial score (nSPS) is 10.6. The first-order chi connectivity index (χ1) is 10.2. The lowest BCUT2D eigenvalue weighted by Crippen LogP contribution is -1.99. The summed E-state index contributed by atoms with van der Waals surface area (Å²) in [5.41, 5.74) is 10.0. The predicted molar refractivity (Wildman–Crippen MR) is 84.7 cm³/mol. The van der Waals surface area contributed by atoms with Crippen molar-refractivity contribution in [1.82, 2.24) is 9.78 Å². The van der Waals surface area contributed by atoms with Crippen LogP contribution in [-0.2, 0) is 0 Å². The number of aromatic nitrogens is 2. The number of rotatable bonds is 3. The van der Waals surface area contributed by atoms with E-state index in [4.69, 9.17) is 10.5 Å². The van der Waals surface area contributed by atoms with Crippen molar-refractivity contribution in [3.05, 3.63) is 60.2 Å². The Balaban J connectivity index is 2.17. The van der Waals surface area contributed by atoms with Crippen LogP contribution in [0.5, 0.6) is 5.75 Å². The summed E-state index contributed by atoms with van der Waals surface area (Å²) in [5, 5.41) is 4.46. The van der Waals surface area contributed by atoms with Gasteiger partial charge in [0.15, 0.2) is 0 Å². The van der Waals surface area contributed by atoms with Crippen LogP contribution in [0.2, 0.25) is 0 Å². The van der Waals surface area contributed by atoms with E-state index in [0.29, 0.717) is 5.82 Å². The van der Waals surface area contributed by atoms with Gasteiger partial charge < -0.3 is 10.5 Å². The third-order valence-electron chi connectivity index (χ3n) is 3.52. The minimum absolute atomic E-state index is 0.546. The van der Waals surface area contributed by atoms with Gasteiger partial charge in [-0.25, -0.2) is 4.68 Å². The van der Waals surface area contributed by atoms with E-state index in [9.17, 15) is 0 Å². The van der Waals surface area contributed by atoms with E-state index < -0.39 is 0 Å². The predicted octanol–water partition coefficient (Wildman–Crippen LogP) is 3.44. The SMILES string of the molecule is COc1ccc(-c2c(C)c(N)nn2-c2ccccc2)cc1. The molecule has 1 heterocycles. The number of benzene rings is 2. The number of nitrogens with zero attached hydrogens (tertiary/aromatic N) is 2. The Kier molecular flexibility index (Phi) is 3.36. The summed E-state index contributed by atoms with van der Waals surface area (Å²) in [6.45, 7) is 1.99. The fraction of sp³-hybridized carbons (Fsp3) is 0.118. The minimum Gasteiger partial charge on any atom is -0.497 e. The van der Waals surface area contributed by atoms with Gasteiger partial charge in [0.1, 0.15) is 11.6 Å². The number of hydrogen-bond acceptors (Lipinski definition) is 3. The van der Waals surface area contributed by atoms with E-state index in [1.54, 1.807) is 7.11 Å². The van der Waals surface area contributed by atoms with Crippen molar-refractivity contribution in [1.29, 1.82) is 0 Å². The Morgan fingerprint density at radius 1 is 1.00 bits per heavy atom. The molecule has 0 atom stereocenters. The van der Waals surface area contributed by atoms with E-state index in [1.807, 2.05) is 66.2 Å². The molecule has 4 heteroatoms. The Morgan fingerprint density at radius 3 is 2.29 bits per heavy atom. The van der Waals surface area contributed by atoms with Crippen LogP contribution >= 0.6 is 0 Å². The topological polar surface area (TPSA) is 53.1 Å². The lowest BCUT2D eigenvalue weighted by atomic mass is 10.1. The lowest BCUT2D eigenvalue weighted by Gasteiger charge is -2.09. The molecule has 0 aliphatic heterocycles. The first kappa shape index (κ1) is 13.2. The molecule has 0 saturated carbocycles. The molecule has 3 rings (SSSR count). The molecule has 2 N–H and O–H groups in total. The Labute approximate surface area is 123 Å². The Morgan fingerprint density at radius 2 is 1.67 bits per heavy atom. The van der Waals surface area contributed by atoms with Gasteiger partial charge in [0, 0.05) is 11.1 Å². The van der Waals surface area contributed by atoms with Crippen LogP contribution < -0.4 is 10.5 Å². The van der Waals surface area contributed by atoms with Crippen molar-refractivity contribution in [2.75, 3.05) is 12.8 Å². The second-order valence-electron chi connectivity index (χ2n) is 4.83. The quantitative estimate of drug-likeness (QED) is 0.799. The molecule has 0 spiro atoms. The molecule has 0 fully saturated rings. The number of para-hydroxylation sites is 1. The van der Waals surface area contributed by atoms with Gasteiger partial charge in [0.2, 0.25) is 0 Å². The first-order valence-corrected chi connectivity index (χ1v) is 6.75. The van der Waals surface area contributed by atoms with Crippen LogP contribution in [0.25, 0.3) is 16.9 Å². The van der Waals surface area contributed by atoms with Crippen molar-refractivity contribution in [2.45, 2.75) is 6.92 Å². The van der Waals surface area contributed by atoms with Crippen LogP contribution in [0.3, 0.4) is 0 Å². The van der Waals surface area contributed by atoms with E-state index in [-0.39, 0.29) is 0 Å². The molecule has 0 bridgehead atoms. The van der Waals surface area contributed by atoms with Crippen molar-refractivity contribution < 1.29 is 4.74 Å². The number of methoxy groups -OCH3 is 1. The van der Waals surface area contributed by atoms with Crippen LogP contribution in [0, 0.1) is 6.92 Å². The second-order valence-corrected chi connectivity index (χ2v) is 4.83. The molecule has 4 nitrogen and oxygen atoms in total. The van der Waals surface area contributed by atoms with E-state index in [1.165, 1.54) is 0 Å². The summed E-state index contributed by atoms with van der Waals surface area (Å²) in [6.07, 6.45) is 0. The van der Waals surface area contributed by atoms with E-state index in [2.05, 4.69) is 5.10 Å². The zero-order valence-corrected chi connectivity index (χ0v) is 12.1. The fourth-order valence-electron chi connectivity index (χ4n) is 2.36. The summed E-state index contributed by atoms with van der Waals surface area (Å²) in [6, 6.07) is 17.9. The maximum absolute atomic E-state index is 6.02. The summed E-state index contributed by atoms with van der Waals surface area (Å²) >= 11 is 0. The van der Waals surface area contributed by atoms with E-state index in [0.717, 1.165) is 28.3 Å². The average Bonchev–Trinajstić information content (AvgIpc) is 2.84. The number of ether oxygens (including phenoxy) is 1. The molecule has 2 aromatic carbocycles. The summed E-state index contributed by atoms with van der Waals surface area (Å²) < 4.78 is 7.09. The molecule has 0 radical (unpaired) electrons.